The molecule has 1 atom stereocenters. The zero-order valence-electron chi connectivity index (χ0n) is 14.5. The number of benzene rings is 1. The minimum atomic E-state index is -3.65. The summed E-state index contributed by atoms with van der Waals surface area (Å²) in [7, 11) is -3.65. The predicted molar refractivity (Wildman–Crippen MR) is 96.0 cm³/mol. The molecule has 1 unspecified atom stereocenters. The summed E-state index contributed by atoms with van der Waals surface area (Å²) in [5.41, 5.74) is 1.22. The summed E-state index contributed by atoms with van der Waals surface area (Å²) in [6.45, 7) is 3.17. The van der Waals surface area contributed by atoms with Crippen molar-refractivity contribution in [2.45, 2.75) is 24.5 Å². The van der Waals surface area contributed by atoms with Crippen molar-refractivity contribution < 1.29 is 17.9 Å². The third-order valence-corrected chi connectivity index (χ3v) is 6.00. The standard InChI is InChI=1S/C18H21N3O4S/c1-14-13-21(9-10-25-14)26(23,24)17-4-2-3-16(11-17)18(22)20-12-15-5-7-19-8-6-15/h2-8,11,14H,9-10,12-13H2,1H3,(H,20,22). The van der Waals surface area contributed by atoms with Gasteiger partial charge in [-0.15, -0.1) is 0 Å². The van der Waals surface area contributed by atoms with E-state index in [4.69, 9.17) is 4.74 Å². The van der Waals surface area contributed by atoms with Gasteiger partial charge in [0, 0.05) is 37.6 Å². The molecule has 1 N–H and O–H groups in total. The van der Waals surface area contributed by atoms with Gasteiger partial charge >= 0.3 is 0 Å². The lowest BCUT2D eigenvalue weighted by molar-refractivity contribution is 0.0102. The molecule has 0 bridgehead atoms. The number of morpholine rings is 1. The quantitative estimate of drug-likeness (QED) is 0.854. The van der Waals surface area contributed by atoms with Gasteiger partial charge in [0.05, 0.1) is 17.6 Å². The number of aromatic nitrogens is 1. The molecule has 2 aromatic rings. The van der Waals surface area contributed by atoms with Crippen molar-refractivity contribution in [3.63, 3.8) is 0 Å². The first-order valence-corrected chi connectivity index (χ1v) is 9.80. The number of rotatable bonds is 5. The molecule has 7 nitrogen and oxygen atoms in total. The number of nitrogens with one attached hydrogen (secondary N) is 1. The van der Waals surface area contributed by atoms with Gasteiger partial charge < -0.3 is 10.1 Å². The molecule has 0 radical (unpaired) electrons. The van der Waals surface area contributed by atoms with Crippen LogP contribution in [0.5, 0.6) is 0 Å². The van der Waals surface area contributed by atoms with E-state index in [2.05, 4.69) is 10.3 Å². The maximum absolute atomic E-state index is 12.8. The first-order chi connectivity index (χ1) is 12.5. The third kappa shape index (κ3) is 4.27. The van der Waals surface area contributed by atoms with Crippen LogP contribution in [-0.4, -0.2) is 49.4 Å². The lowest BCUT2D eigenvalue weighted by Gasteiger charge is -2.30. The molecule has 0 aliphatic carbocycles. The number of pyridine rings is 1. The van der Waals surface area contributed by atoms with E-state index in [-0.39, 0.29) is 16.9 Å². The van der Waals surface area contributed by atoms with Crippen LogP contribution in [0.15, 0.2) is 53.7 Å². The van der Waals surface area contributed by atoms with Gasteiger partial charge in [-0.2, -0.15) is 4.31 Å². The molecule has 0 saturated carbocycles. The lowest BCUT2D eigenvalue weighted by atomic mass is 10.2. The van der Waals surface area contributed by atoms with Crippen LogP contribution in [-0.2, 0) is 21.3 Å². The van der Waals surface area contributed by atoms with E-state index >= 15 is 0 Å². The highest BCUT2D eigenvalue weighted by Crippen LogP contribution is 2.20. The van der Waals surface area contributed by atoms with Gasteiger partial charge in [0.1, 0.15) is 0 Å². The fourth-order valence-electron chi connectivity index (χ4n) is 2.74. The minimum absolute atomic E-state index is 0.114. The summed E-state index contributed by atoms with van der Waals surface area (Å²) in [4.78, 5) is 16.4. The van der Waals surface area contributed by atoms with Crippen LogP contribution < -0.4 is 5.32 Å². The van der Waals surface area contributed by atoms with Gasteiger partial charge in [-0.25, -0.2) is 8.42 Å². The smallest absolute Gasteiger partial charge is 0.251 e. The molecule has 3 rings (SSSR count). The van der Waals surface area contributed by atoms with Crippen molar-refractivity contribution >= 4 is 15.9 Å². The van der Waals surface area contributed by atoms with Gasteiger partial charge in [-0.05, 0) is 42.8 Å². The minimum Gasteiger partial charge on any atom is -0.376 e. The average molecular weight is 375 g/mol. The van der Waals surface area contributed by atoms with Crippen molar-refractivity contribution in [3.8, 4) is 0 Å². The number of carbonyl (C=O) groups excluding carboxylic acids is 1. The van der Waals surface area contributed by atoms with E-state index in [0.29, 0.717) is 31.8 Å². The second-order valence-corrected chi connectivity index (χ2v) is 8.05. The van der Waals surface area contributed by atoms with Crippen LogP contribution in [0, 0.1) is 0 Å². The van der Waals surface area contributed by atoms with E-state index < -0.39 is 10.0 Å². The topological polar surface area (TPSA) is 88.6 Å². The molecule has 8 heteroatoms. The third-order valence-electron chi connectivity index (χ3n) is 4.14. The number of hydrogen-bond donors (Lipinski definition) is 1. The largest absolute Gasteiger partial charge is 0.376 e. The average Bonchev–Trinajstić information content (AvgIpc) is 2.67. The van der Waals surface area contributed by atoms with E-state index in [0.717, 1.165) is 5.56 Å². The fraction of sp³-hybridized carbons (Fsp3) is 0.333. The predicted octanol–water partition coefficient (Wildman–Crippen LogP) is 1.42. The monoisotopic (exact) mass is 375 g/mol. The molecule has 1 aliphatic heterocycles. The first kappa shape index (κ1) is 18.5. The van der Waals surface area contributed by atoms with Crippen molar-refractivity contribution in [2.75, 3.05) is 19.7 Å². The Morgan fingerprint density at radius 1 is 1.31 bits per heavy atom. The first-order valence-electron chi connectivity index (χ1n) is 8.36. The number of ether oxygens (including phenoxy) is 1. The molecular weight excluding hydrogens is 354 g/mol. The number of nitrogens with zero attached hydrogens (tertiary/aromatic N) is 2. The normalized spacial score (nSPS) is 18.4. The highest BCUT2D eigenvalue weighted by molar-refractivity contribution is 7.89. The second kappa shape index (κ2) is 7.94. The van der Waals surface area contributed by atoms with Crippen molar-refractivity contribution in [1.29, 1.82) is 0 Å². The van der Waals surface area contributed by atoms with Gasteiger partial charge in [0.2, 0.25) is 10.0 Å². The maximum atomic E-state index is 12.8. The molecule has 1 aromatic heterocycles. The Bertz CT molecular complexity index is 871. The van der Waals surface area contributed by atoms with Gasteiger partial charge in [0.25, 0.3) is 5.91 Å². The molecule has 0 spiro atoms. The number of amides is 1. The number of hydrogen-bond acceptors (Lipinski definition) is 5. The maximum Gasteiger partial charge on any atom is 0.251 e. The van der Waals surface area contributed by atoms with Crippen LogP contribution in [0.2, 0.25) is 0 Å². The van der Waals surface area contributed by atoms with Crippen LogP contribution >= 0.6 is 0 Å². The molecule has 1 amide bonds. The van der Waals surface area contributed by atoms with Crippen LogP contribution in [0.4, 0.5) is 0 Å². The Morgan fingerprint density at radius 2 is 2.08 bits per heavy atom. The molecule has 26 heavy (non-hydrogen) atoms. The van der Waals surface area contributed by atoms with Crippen LogP contribution in [0.3, 0.4) is 0 Å². The summed E-state index contributed by atoms with van der Waals surface area (Å²) < 4.78 is 32.4. The number of sulfonamides is 1. The van der Waals surface area contributed by atoms with Crippen molar-refractivity contribution in [2.24, 2.45) is 0 Å². The number of carbonyl (C=O) groups is 1. The van der Waals surface area contributed by atoms with Gasteiger partial charge in [0.15, 0.2) is 0 Å². The SMILES string of the molecule is CC1CN(S(=O)(=O)c2cccc(C(=O)NCc3ccncc3)c2)CCO1. The Kier molecular flexibility index (Phi) is 5.65. The lowest BCUT2D eigenvalue weighted by Crippen LogP contribution is -2.44. The van der Waals surface area contributed by atoms with E-state index in [1.165, 1.54) is 16.4 Å². The Balaban J connectivity index is 1.74. The highest BCUT2D eigenvalue weighted by Gasteiger charge is 2.29. The molecular formula is C18H21N3O4S. The summed E-state index contributed by atoms with van der Waals surface area (Å²) in [6, 6.07) is 9.72. The second-order valence-electron chi connectivity index (χ2n) is 6.11. The van der Waals surface area contributed by atoms with Gasteiger partial charge in [-0.3, -0.25) is 9.78 Å². The van der Waals surface area contributed by atoms with E-state index in [9.17, 15) is 13.2 Å². The van der Waals surface area contributed by atoms with Crippen LogP contribution in [0.25, 0.3) is 0 Å². The zero-order valence-corrected chi connectivity index (χ0v) is 15.3. The molecule has 138 valence electrons. The van der Waals surface area contributed by atoms with Crippen LogP contribution in [0.1, 0.15) is 22.8 Å². The molecule has 1 aromatic carbocycles. The molecule has 1 fully saturated rings. The summed E-state index contributed by atoms with van der Waals surface area (Å²) in [5.74, 6) is -0.325. The molecule has 2 heterocycles. The Morgan fingerprint density at radius 3 is 2.81 bits per heavy atom. The summed E-state index contributed by atoms with van der Waals surface area (Å²) in [6.07, 6.45) is 3.15. The fourth-order valence-corrected chi connectivity index (χ4v) is 4.28. The highest BCUT2D eigenvalue weighted by atomic mass is 32.2. The van der Waals surface area contributed by atoms with E-state index in [1.54, 1.807) is 36.7 Å². The molecule has 1 saturated heterocycles. The zero-order chi connectivity index (χ0) is 18.6. The van der Waals surface area contributed by atoms with Gasteiger partial charge in [-0.1, -0.05) is 6.07 Å². The summed E-state index contributed by atoms with van der Waals surface area (Å²) in [5, 5.41) is 2.79. The van der Waals surface area contributed by atoms with Crippen molar-refractivity contribution in [3.05, 3.63) is 59.9 Å². The Labute approximate surface area is 153 Å². The Hall–Kier alpha value is -2.29. The molecule has 1 aliphatic rings. The van der Waals surface area contributed by atoms with Crippen molar-refractivity contribution in [1.82, 2.24) is 14.6 Å². The van der Waals surface area contributed by atoms with E-state index in [1.807, 2.05) is 6.92 Å². The summed E-state index contributed by atoms with van der Waals surface area (Å²) >= 11 is 0.